The Labute approximate surface area is 123 Å². The number of nitrogens with one attached hydrogen (secondary N) is 1. The Balaban J connectivity index is 2.71. The maximum Gasteiger partial charge on any atom is 0.471 e. The number of alkyl halides is 3. The monoisotopic (exact) mass is 319 g/mol. The highest BCUT2D eigenvalue weighted by Crippen LogP contribution is 2.15. The summed E-state index contributed by atoms with van der Waals surface area (Å²) in [6.07, 6.45) is -5.99. The van der Waals surface area contributed by atoms with Crippen molar-refractivity contribution in [1.29, 1.82) is 0 Å². The summed E-state index contributed by atoms with van der Waals surface area (Å²) in [4.78, 5) is 33.8. The number of esters is 2. The zero-order valence-corrected chi connectivity index (χ0v) is 11.3. The van der Waals surface area contributed by atoms with Gasteiger partial charge >= 0.3 is 24.0 Å². The Morgan fingerprint density at radius 1 is 1.18 bits per heavy atom. The summed E-state index contributed by atoms with van der Waals surface area (Å²) in [5, 5.41) is 1.39. The zero-order valence-electron chi connectivity index (χ0n) is 11.3. The highest BCUT2D eigenvalue weighted by atomic mass is 19.4. The summed E-state index contributed by atoms with van der Waals surface area (Å²) in [7, 11) is 0.914. The van der Waals surface area contributed by atoms with E-state index in [4.69, 9.17) is 4.74 Å². The van der Waals surface area contributed by atoms with Gasteiger partial charge in [-0.1, -0.05) is 18.2 Å². The average Bonchev–Trinajstić information content (AvgIpc) is 2.45. The molecule has 0 spiro atoms. The molecule has 1 aromatic carbocycles. The zero-order chi connectivity index (χ0) is 16.8. The van der Waals surface area contributed by atoms with E-state index in [0.29, 0.717) is 0 Å². The van der Waals surface area contributed by atoms with Crippen molar-refractivity contribution in [2.24, 2.45) is 0 Å². The molecule has 1 rings (SSSR count). The Hall–Kier alpha value is -2.58. The number of carbonyl (C=O) groups excluding carboxylic acids is 3. The number of carbonyl (C=O) groups is 3. The van der Waals surface area contributed by atoms with Crippen molar-refractivity contribution in [1.82, 2.24) is 5.32 Å². The molecule has 0 bridgehead atoms. The van der Waals surface area contributed by atoms with Gasteiger partial charge in [0.05, 0.1) is 13.5 Å². The van der Waals surface area contributed by atoms with Gasteiger partial charge < -0.3 is 14.8 Å². The Kier molecular flexibility index (Phi) is 5.90. The van der Waals surface area contributed by atoms with Gasteiger partial charge in [0, 0.05) is 0 Å². The topological polar surface area (TPSA) is 81.7 Å². The van der Waals surface area contributed by atoms with E-state index in [2.05, 4.69) is 4.74 Å². The van der Waals surface area contributed by atoms with Crippen LogP contribution >= 0.6 is 0 Å². The minimum Gasteiger partial charge on any atom is -0.467 e. The molecule has 120 valence electrons. The lowest BCUT2D eigenvalue weighted by atomic mass is 10.2. The molecule has 0 saturated carbocycles. The van der Waals surface area contributed by atoms with E-state index in [0.717, 1.165) is 7.11 Å². The lowest BCUT2D eigenvalue weighted by molar-refractivity contribution is -0.176. The molecule has 0 unspecified atom stereocenters. The third kappa shape index (κ3) is 5.43. The summed E-state index contributed by atoms with van der Waals surface area (Å²) in [5.74, 6) is -4.39. The van der Waals surface area contributed by atoms with Gasteiger partial charge in [0.2, 0.25) is 0 Å². The van der Waals surface area contributed by atoms with Crippen molar-refractivity contribution in [3.63, 3.8) is 0 Å². The third-order valence-electron chi connectivity index (χ3n) is 2.39. The van der Waals surface area contributed by atoms with Crippen LogP contribution in [0.5, 0.6) is 5.75 Å². The van der Waals surface area contributed by atoms with Crippen LogP contribution in [0.4, 0.5) is 13.2 Å². The number of methoxy groups -OCH3 is 1. The first-order valence-corrected chi connectivity index (χ1v) is 5.95. The van der Waals surface area contributed by atoms with Crippen molar-refractivity contribution in [3.05, 3.63) is 30.3 Å². The molecule has 0 aliphatic heterocycles. The number of halogens is 3. The fourth-order valence-corrected chi connectivity index (χ4v) is 1.40. The number of para-hydroxylation sites is 1. The van der Waals surface area contributed by atoms with E-state index >= 15 is 0 Å². The van der Waals surface area contributed by atoms with Crippen molar-refractivity contribution in [3.8, 4) is 5.75 Å². The molecule has 1 amide bonds. The summed E-state index contributed by atoms with van der Waals surface area (Å²) < 4.78 is 45.6. The van der Waals surface area contributed by atoms with E-state index in [1.165, 1.54) is 17.4 Å². The largest absolute Gasteiger partial charge is 0.471 e. The van der Waals surface area contributed by atoms with Crippen LogP contribution in [0.15, 0.2) is 30.3 Å². The number of benzene rings is 1. The molecular weight excluding hydrogens is 307 g/mol. The van der Waals surface area contributed by atoms with E-state index in [-0.39, 0.29) is 5.75 Å². The van der Waals surface area contributed by atoms with Crippen LogP contribution in [0.2, 0.25) is 0 Å². The van der Waals surface area contributed by atoms with Gasteiger partial charge in [-0.3, -0.25) is 9.59 Å². The Morgan fingerprint density at radius 2 is 1.77 bits per heavy atom. The molecule has 0 aromatic heterocycles. The van der Waals surface area contributed by atoms with Crippen molar-refractivity contribution in [2.45, 2.75) is 18.6 Å². The SMILES string of the molecule is COC(=O)[C@@H](CC(=O)Oc1ccccc1)NC(=O)C(F)(F)F. The second-order valence-corrected chi connectivity index (χ2v) is 4.04. The summed E-state index contributed by atoms with van der Waals surface area (Å²) in [6, 6.07) is 5.91. The van der Waals surface area contributed by atoms with Gasteiger partial charge in [0.25, 0.3) is 0 Å². The van der Waals surface area contributed by atoms with E-state index in [9.17, 15) is 27.6 Å². The third-order valence-corrected chi connectivity index (χ3v) is 2.39. The highest BCUT2D eigenvalue weighted by molar-refractivity contribution is 5.90. The second kappa shape index (κ2) is 7.43. The predicted octanol–water partition coefficient (Wildman–Crippen LogP) is 1.20. The van der Waals surface area contributed by atoms with Crippen molar-refractivity contribution in [2.75, 3.05) is 7.11 Å². The van der Waals surface area contributed by atoms with Crippen LogP contribution in [-0.4, -0.2) is 37.2 Å². The molecule has 0 aliphatic rings. The number of amides is 1. The van der Waals surface area contributed by atoms with Gasteiger partial charge in [0.1, 0.15) is 11.8 Å². The van der Waals surface area contributed by atoms with Crippen LogP contribution in [0.3, 0.4) is 0 Å². The minimum atomic E-state index is -5.18. The van der Waals surface area contributed by atoms with Gasteiger partial charge in [-0.25, -0.2) is 4.79 Å². The fourth-order valence-electron chi connectivity index (χ4n) is 1.40. The van der Waals surface area contributed by atoms with Crippen LogP contribution in [-0.2, 0) is 19.1 Å². The molecule has 22 heavy (non-hydrogen) atoms. The molecule has 0 saturated heterocycles. The lowest BCUT2D eigenvalue weighted by Crippen LogP contribution is -2.48. The first-order valence-electron chi connectivity index (χ1n) is 5.95. The maximum atomic E-state index is 12.2. The quantitative estimate of drug-likeness (QED) is 0.651. The standard InChI is InChI=1S/C13H12F3NO5/c1-21-11(19)9(17-12(20)13(14,15)16)7-10(18)22-8-5-3-2-4-6-8/h2-6,9H,7H2,1H3,(H,17,20)/t9-/m1/s1. The number of ether oxygens (including phenoxy) is 2. The Morgan fingerprint density at radius 3 is 2.27 bits per heavy atom. The molecule has 1 N–H and O–H groups in total. The molecule has 6 nitrogen and oxygen atoms in total. The normalized spacial score (nSPS) is 12.2. The summed E-state index contributed by atoms with van der Waals surface area (Å²) in [5.41, 5.74) is 0. The lowest BCUT2D eigenvalue weighted by Gasteiger charge is -2.16. The average molecular weight is 319 g/mol. The molecule has 9 heteroatoms. The molecule has 1 aromatic rings. The van der Waals surface area contributed by atoms with Crippen molar-refractivity contribution < 1.29 is 37.0 Å². The van der Waals surface area contributed by atoms with Crippen LogP contribution in [0.1, 0.15) is 6.42 Å². The fraction of sp³-hybridized carbons (Fsp3) is 0.308. The number of rotatable bonds is 5. The van der Waals surface area contributed by atoms with Gasteiger partial charge in [-0.05, 0) is 12.1 Å². The molecular formula is C13H12F3NO5. The number of hydrogen-bond acceptors (Lipinski definition) is 5. The first kappa shape index (κ1) is 17.5. The molecule has 0 aliphatic carbocycles. The van der Waals surface area contributed by atoms with E-state index in [1.54, 1.807) is 18.2 Å². The highest BCUT2D eigenvalue weighted by Gasteiger charge is 2.41. The summed E-state index contributed by atoms with van der Waals surface area (Å²) >= 11 is 0. The second-order valence-electron chi connectivity index (χ2n) is 4.04. The van der Waals surface area contributed by atoms with Crippen molar-refractivity contribution >= 4 is 17.8 Å². The van der Waals surface area contributed by atoms with E-state index in [1.807, 2.05) is 0 Å². The van der Waals surface area contributed by atoms with Crippen LogP contribution in [0.25, 0.3) is 0 Å². The van der Waals surface area contributed by atoms with Crippen LogP contribution in [0, 0.1) is 0 Å². The van der Waals surface area contributed by atoms with Gasteiger partial charge in [0.15, 0.2) is 0 Å². The van der Waals surface area contributed by atoms with Gasteiger partial charge in [-0.15, -0.1) is 0 Å². The molecule has 0 fully saturated rings. The van der Waals surface area contributed by atoms with E-state index < -0.39 is 36.5 Å². The minimum absolute atomic E-state index is 0.151. The molecule has 1 atom stereocenters. The first-order chi connectivity index (χ1) is 10.2. The number of hydrogen-bond donors (Lipinski definition) is 1. The Bertz CT molecular complexity index is 544. The smallest absolute Gasteiger partial charge is 0.467 e. The molecule has 0 heterocycles. The van der Waals surface area contributed by atoms with Gasteiger partial charge in [-0.2, -0.15) is 13.2 Å². The predicted molar refractivity (Wildman–Crippen MR) is 66.7 cm³/mol. The molecule has 0 radical (unpaired) electrons. The summed E-state index contributed by atoms with van der Waals surface area (Å²) in [6.45, 7) is 0. The van der Waals surface area contributed by atoms with Crippen LogP contribution < -0.4 is 10.1 Å². The maximum absolute atomic E-state index is 12.2.